The number of hydrogen-bond acceptors (Lipinski definition) is 5. The van der Waals surface area contributed by atoms with Crippen molar-refractivity contribution in [3.63, 3.8) is 0 Å². The van der Waals surface area contributed by atoms with E-state index in [1.165, 1.54) is 4.80 Å². The molecule has 1 atom stereocenters. The molecule has 1 fully saturated rings. The molecule has 1 aromatic carbocycles. The summed E-state index contributed by atoms with van der Waals surface area (Å²) in [5, 5.41) is 21.0. The summed E-state index contributed by atoms with van der Waals surface area (Å²) in [7, 11) is 0. The fourth-order valence-electron chi connectivity index (χ4n) is 3.09. The largest absolute Gasteiger partial charge is 0.481 e. The predicted molar refractivity (Wildman–Crippen MR) is 89.4 cm³/mol. The monoisotopic (exact) mass is 343 g/mol. The predicted octanol–water partition coefficient (Wildman–Crippen LogP) is 1.44. The number of carboxylic acid groups (broad SMARTS) is 1. The van der Waals surface area contributed by atoms with Crippen molar-refractivity contribution in [3.8, 4) is 11.4 Å². The first-order valence-corrected chi connectivity index (χ1v) is 8.44. The van der Waals surface area contributed by atoms with Gasteiger partial charge in [0.25, 0.3) is 0 Å². The second-order valence-corrected chi connectivity index (χ2v) is 6.29. The number of amides is 1. The summed E-state index contributed by atoms with van der Waals surface area (Å²) < 4.78 is 0. The van der Waals surface area contributed by atoms with Gasteiger partial charge >= 0.3 is 5.97 Å². The summed E-state index contributed by atoms with van der Waals surface area (Å²) in [6, 6.07) is 9.48. The van der Waals surface area contributed by atoms with Gasteiger partial charge in [-0.15, -0.1) is 10.2 Å². The Bertz CT molecular complexity index is 731. The van der Waals surface area contributed by atoms with E-state index >= 15 is 0 Å². The molecule has 2 aromatic rings. The Morgan fingerprint density at radius 1 is 1.24 bits per heavy atom. The first-order valence-electron chi connectivity index (χ1n) is 8.44. The number of piperidine rings is 1. The quantitative estimate of drug-likeness (QED) is 0.852. The summed E-state index contributed by atoms with van der Waals surface area (Å²) in [5.74, 6) is -0.107. The number of carbonyl (C=O) groups excluding carboxylic acids is 1. The fourth-order valence-corrected chi connectivity index (χ4v) is 3.09. The molecule has 1 saturated heterocycles. The Kier molecular flexibility index (Phi) is 5.37. The van der Waals surface area contributed by atoms with Crippen LogP contribution in [0, 0.1) is 5.92 Å². The summed E-state index contributed by atoms with van der Waals surface area (Å²) >= 11 is 0. The summed E-state index contributed by atoms with van der Waals surface area (Å²) in [5.41, 5.74) is 0.855. The number of rotatable bonds is 6. The van der Waals surface area contributed by atoms with Gasteiger partial charge in [-0.25, -0.2) is 0 Å². The van der Waals surface area contributed by atoms with Gasteiger partial charge < -0.3 is 10.0 Å². The second kappa shape index (κ2) is 7.87. The molecule has 8 nitrogen and oxygen atoms in total. The van der Waals surface area contributed by atoms with E-state index in [4.69, 9.17) is 5.11 Å². The third-order valence-corrected chi connectivity index (χ3v) is 4.40. The van der Waals surface area contributed by atoms with Crippen LogP contribution in [-0.2, 0) is 16.1 Å². The number of hydrogen-bond donors (Lipinski definition) is 1. The van der Waals surface area contributed by atoms with Crippen molar-refractivity contribution in [2.24, 2.45) is 5.92 Å². The lowest BCUT2D eigenvalue weighted by atomic mass is 9.93. The minimum atomic E-state index is -0.788. The molecule has 0 bridgehead atoms. The number of benzene rings is 1. The van der Waals surface area contributed by atoms with Crippen LogP contribution in [0.5, 0.6) is 0 Å². The summed E-state index contributed by atoms with van der Waals surface area (Å²) in [4.78, 5) is 26.3. The number of nitrogens with zero attached hydrogens (tertiary/aromatic N) is 5. The minimum Gasteiger partial charge on any atom is -0.481 e. The SMILES string of the molecule is O=C(O)CCC1CCCN(C(=O)Cn2nnc(-c3ccccc3)n2)C1. The third kappa shape index (κ3) is 4.62. The van der Waals surface area contributed by atoms with Gasteiger partial charge in [-0.1, -0.05) is 30.3 Å². The standard InChI is InChI=1S/C17H21N5O3/c23-15(21-10-4-5-13(11-21)8-9-16(24)25)12-22-19-17(18-20-22)14-6-2-1-3-7-14/h1-3,6-7,13H,4-5,8-12H2,(H,24,25). The molecule has 25 heavy (non-hydrogen) atoms. The Morgan fingerprint density at radius 2 is 2.04 bits per heavy atom. The first kappa shape index (κ1) is 17.1. The number of carbonyl (C=O) groups is 2. The van der Waals surface area contributed by atoms with Crippen molar-refractivity contribution in [1.82, 2.24) is 25.1 Å². The molecule has 1 unspecified atom stereocenters. The molecule has 1 aromatic heterocycles. The van der Waals surface area contributed by atoms with Gasteiger partial charge in [0.15, 0.2) is 0 Å². The van der Waals surface area contributed by atoms with Crippen molar-refractivity contribution in [2.45, 2.75) is 32.2 Å². The molecular formula is C17H21N5O3. The van der Waals surface area contributed by atoms with Crippen molar-refractivity contribution in [1.29, 1.82) is 0 Å². The van der Waals surface area contributed by atoms with Gasteiger partial charge in [-0.2, -0.15) is 4.80 Å². The van der Waals surface area contributed by atoms with E-state index in [2.05, 4.69) is 15.4 Å². The second-order valence-electron chi connectivity index (χ2n) is 6.29. The Balaban J connectivity index is 1.57. The molecule has 1 N–H and O–H groups in total. The normalized spacial score (nSPS) is 17.4. The average molecular weight is 343 g/mol. The maximum atomic E-state index is 12.5. The van der Waals surface area contributed by atoms with Crippen molar-refractivity contribution < 1.29 is 14.7 Å². The molecule has 0 radical (unpaired) electrons. The smallest absolute Gasteiger partial charge is 0.303 e. The van der Waals surface area contributed by atoms with Gasteiger partial charge in [0.1, 0.15) is 6.54 Å². The molecule has 0 saturated carbocycles. The first-order chi connectivity index (χ1) is 12.1. The van der Waals surface area contributed by atoms with E-state index in [1.807, 2.05) is 30.3 Å². The number of carboxylic acids is 1. The van der Waals surface area contributed by atoms with Crippen LogP contribution >= 0.6 is 0 Å². The highest BCUT2D eigenvalue weighted by Gasteiger charge is 2.24. The zero-order valence-corrected chi connectivity index (χ0v) is 13.9. The molecular weight excluding hydrogens is 322 g/mol. The number of tetrazole rings is 1. The maximum Gasteiger partial charge on any atom is 0.303 e. The van der Waals surface area contributed by atoms with E-state index in [0.717, 1.165) is 18.4 Å². The lowest BCUT2D eigenvalue weighted by Crippen LogP contribution is -2.42. The van der Waals surface area contributed by atoms with Gasteiger partial charge in [-0.05, 0) is 30.4 Å². The molecule has 0 spiro atoms. The highest BCUT2D eigenvalue weighted by atomic mass is 16.4. The number of aromatic nitrogens is 4. The van der Waals surface area contributed by atoms with Crippen LogP contribution in [0.2, 0.25) is 0 Å². The van der Waals surface area contributed by atoms with Crippen molar-refractivity contribution in [2.75, 3.05) is 13.1 Å². The van der Waals surface area contributed by atoms with Crippen LogP contribution in [-0.4, -0.2) is 55.2 Å². The van der Waals surface area contributed by atoms with Gasteiger partial charge in [0.2, 0.25) is 11.7 Å². The summed E-state index contributed by atoms with van der Waals surface area (Å²) in [6.45, 7) is 1.35. The van der Waals surface area contributed by atoms with E-state index in [-0.39, 0.29) is 24.8 Å². The van der Waals surface area contributed by atoms with Gasteiger partial charge in [0, 0.05) is 25.1 Å². The minimum absolute atomic E-state index is 0.0471. The fraction of sp³-hybridized carbons (Fsp3) is 0.471. The van der Waals surface area contributed by atoms with E-state index in [9.17, 15) is 9.59 Å². The summed E-state index contributed by atoms with van der Waals surface area (Å²) in [6.07, 6.45) is 2.63. The zero-order valence-electron chi connectivity index (χ0n) is 13.9. The highest BCUT2D eigenvalue weighted by molar-refractivity contribution is 5.76. The van der Waals surface area contributed by atoms with Crippen LogP contribution < -0.4 is 0 Å². The molecule has 3 rings (SSSR count). The highest BCUT2D eigenvalue weighted by Crippen LogP contribution is 2.21. The molecule has 2 heterocycles. The Hall–Kier alpha value is -2.77. The van der Waals surface area contributed by atoms with Crippen molar-refractivity contribution >= 4 is 11.9 Å². The third-order valence-electron chi connectivity index (χ3n) is 4.40. The topological polar surface area (TPSA) is 101 Å². The zero-order chi connectivity index (χ0) is 17.6. The van der Waals surface area contributed by atoms with Crippen LogP contribution in [0.1, 0.15) is 25.7 Å². The van der Waals surface area contributed by atoms with Crippen LogP contribution in [0.3, 0.4) is 0 Å². The van der Waals surface area contributed by atoms with Crippen LogP contribution in [0.4, 0.5) is 0 Å². The molecule has 132 valence electrons. The van der Waals surface area contributed by atoms with Crippen molar-refractivity contribution in [3.05, 3.63) is 30.3 Å². The molecule has 1 aliphatic heterocycles. The van der Waals surface area contributed by atoms with E-state index < -0.39 is 5.97 Å². The maximum absolute atomic E-state index is 12.5. The molecule has 8 heteroatoms. The molecule has 1 aliphatic rings. The Morgan fingerprint density at radius 3 is 2.80 bits per heavy atom. The van der Waals surface area contributed by atoms with Gasteiger partial charge in [0.05, 0.1) is 0 Å². The number of aliphatic carboxylic acids is 1. The molecule has 1 amide bonds. The Labute approximate surface area is 145 Å². The molecule has 0 aliphatic carbocycles. The van der Waals surface area contributed by atoms with E-state index in [0.29, 0.717) is 25.3 Å². The average Bonchev–Trinajstić information content (AvgIpc) is 3.09. The van der Waals surface area contributed by atoms with Gasteiger partial charge in [-0.3, -0.25) is 9.59 Å². The number of likely N-dealkylation sites (tertiary alicyclic amines) is 1. The van der Waals surface area contributed by atoms with Crippen LogP contribution in [0.15, 0.2) is 30.3 Å². The lowest BCUT2D eigenvalue weighted by Gasteiger charge is -2.32. The van der Waals surface area contributed by atoms with E-state index in [1.54, 1.807) is 4.90 Å². The van der Waals surface area contributed by atoms with Crippen LogP contribution in [0.25, 0.3) is 11.4 Å². The lowest BCUT2D eigenvalue weighted by molar-refractivity contribution is -0.137.